The first-order chi connectivity index (χ1) is 13.3. The second-order valence-corrected chi connectivity index (χ2v) is 8.28. The van der Waals surface area contributed by atoms with Crippen molar-refractivity contribution in [3.8, 4) is 0 Å². The molecule has 3 N–H and O–H groups in total. The molecule has 1 aromatic heterocycles. The van der Waals surface area contributed by atoms with E-state index >= 15 is 0 Å². The standard InChI is InChI=1S/C25H36N2O/c1-6-7-8-9-11-15-24(2,3)21(14-16-26)18-22(20-28)25(4,5)19-23-13-10-12-17-27-23/h7-14,16-18,20,28H,6,15,19,26H2,1-5H3/b8-7-,11-9-,16-14+,21-18+,22-20-. The van der Waals surface area contributed by atoms with Crippen molar-refractivity contribution in [1.29, 1.82) is 0 Å². The van der Waals surface area contributed by atoms with Crippen LogP contribution in [-0.4, -0.2) is 10.1 Å². The third-order valence-electron chi connectivity index (χ3n) is 4.89. The fourth-order valence-electron chi connectivity index (χ4n) is 2.98. The lowest BCUT2D eigenvalue weighted by Gasteiger charge is -2.29. The van der Waals surface area contributed by atoms with E-state index in [1.54, 1.807) is 12.4 Å². The number of hydrogen-bond donors (Lipinski definition) is 2. The second-order valence-electron chi connectivity index (χ2n) is 8.28. The highest BCUT2D eigenvalue weighted by atomic mass is 16.2. The van der Waals surface area contributed by atoms with Crippen LogP contribution < -0.4 is 5.73 Å². The highest BCUT2D eigenvalue weighted by Gasteiger charge is 2.27. The molecule has 0 aliphatic heterocycles. The third-order valence-corrected chi connectivity index (χ3v) is 4.89. The molecule has 0 spiro atoms. The summed E-state index contributed by atoms with van der Waals surface area (Å²) in [5.74, 6) is 0. The predicted molar refractivity (Wildman–Crippen MR) is 121 cm³/mol. The quantitative estimate of drug-likeness (QED) is 0.363. The summed E-state index contributed by atoms with van der Waals surface area (Å²) < 4.78 is 0. The Bertz CT molecular complexity index is 735. The average Bonchev–Trinajstić information content (AvgIpc) is 2.65. The third kappa shape index (κ3) is 7.59. The van der Waals surface area contributed by atoms with E-state index in [1.807, 2.05) is 24.3 Å². The molecule has 0 amide bonds. The fourth-order valence-corrected chi connectivity index (χ4v) is 2.98. The van der Waals surface area contributed by atoms with Gasteiger partial charge in [-0.2, -0.15) is 0 Å². The minimum absolute atomic E-state index is 0.123. The van der Waals surface area contributed by atoms with Crippen LogP contribution in [0.15, 0.2) is 84.5 Å². The smallest absolute Gasteiger partial charge is 0.0829 e. The van der Waals surface area contributed by atoms with Gasteiger partial charge in [0.1, 0.15) is 0 Å². The van der Waals surface area contributed by atoms with Crippen LogP contribution >= 0.6 is 0 Å². The molecule has 152 valence electrons. The number of nitrogens with zero attached hydrogens (tertiary/aromatic N) is 1. The van der Waals surface area contributed by atoms with Gasteiger partial charge in [0.25, 0.3) is 0 Å². The summed E-state index contributed by atoms with van der Waals surface area (Å²) >= 11 is 0. The van der Waals surface area contributed by atoms with Crippen LogP contribution in [0.1, 0.15) is 53.2 Å². The van der Waals surface area contributed by atoms with Crippen molar-refractivity contribution in [3.63, 3.8) is 0 Å². The van der Waals surface area contributed by atoms with E-state index in [4.69, 9.17) is 5.73 Å². The highest BCUT2D eigenvalue weighted by Crippen LogP contribution is 2.37. The van der Waals surface area contributed by atoms with Crippen molar-refractivity contribution in [1.82, 2.24) is 4.98 Å². The lowest BCUT2D eigenvalue weighted by molar-refractivity contribution is 0.401. The molecule has 3 heteroatoms. The van der Waals surface area contributed by atoms with E-state index in [-0.39, 0.29) is 10.8 Å². The van der Waals surface area contributed by atoms with Gasteiger partial charge >= 0.3 is 0 Å². The van der Waals surface area contributed by atoms with Crippen LogP contribution in [0.3, 0.4) is 0 Å². The zero-order valence-corrected chi connectivity index (χ0v) is 18.0. The maximum atomic E-state index is 9.99. The molecule has 0 saturated heterocycles. The molecule has 0 aliphatic rings. The van der Waals surface area contributed by atoms with E-state index in [2.05, 4.69) is 70.0 Å². The lowest BCUT2D eigenvalue weighted by Crippen LogP contribution is -2.20. The van der Waals surface area contributed by atoms with Crippen LogP contribution in [0.4, 0.5) is 0 Å². The van der Waals surface area contributed by atoms with Gasteiger partial charge in [-0.1, -0.05) is 71.1 Å². The normalized spacial score (nSPS) is 14.6. The summed E-state index contributed by atoms with van der Waals surface area (Å²) in [6.45, 7) is 10.7. The van der Waals surface area contributed by atoms with Crippen molar-refractivity contribution in [2.24, 2.45) is 16.6 Å². The second kappa shape index (κ2) is 11.3. The molecule has 0 saturated carbocycles. The van der Waals surface area contributed by atoms with Crippen LogP contribution in [0, 0.1) is 10.8 Å². The number of allylic oxidation sites excluding steroid dienone is 8. The molecular formula is C25H36N2O. The molecule has 0 bridgehead atoms. The van der Waals surface area contributed by atoms with Gasteiger partial charge in [0.2, 0.25) is 0 Å². The summed E-state index contributed by atoms with van der Waals surface area (Å²) in [5.41, 5.74) is 8.27. The monoisotopic (exact) mass is 380 g/mol. The van der Waals surface area contributed by atoms with Crippen molar-refractivity contribution in [2.45, 2.75) is 53.9 Å². The number of pyridine rings is 1. The first-order valence-electron chi connectivity index (χ1n) is 9.93. The van der Waals surface area contributed by atoms with E-state index in [0.29, 0.717) is 0 Å². The molecule has 1 aromatic rings. The Morgan fingerprint density at radius 1 is 1.07 bits per heavy atom. The van der Waals surface area contributed by atoms with Crippen LogP contribution in [0.25, 0.3) is 0 Å². The van der Waals surface area contributed by atoms with Gasteiger partial charge in [-0.3, -0.25) is 4.98 Å². The van der Waals surface area contributed by atoms with Crippen LogP contribution in [-0.2, 0) is 6.42 Å². The zero-order valence-electron chi connectivity index (χ0n) is 18.0. The fraction of sp³-hybridized carbons (Fsp3) is 0.400. The van der Waals surface area contributed by atoms with Gasteiger partial charge in [0.05, 0.1) is 6.26 Å². The van der Waals surface area contributed by atoms with Gasteiger partial charge in [-0.15, -0.1) is 0 Å². The van der Waals surface area contributed by atoms with Gasteiger partial charge in [-0.05, 0) is 65.6 Å². The molecule has 28 heavy (non-hydrogen) atoms. The molecule has 1 rings (SSSR count). The number of rotatable bonds is 10. The topological polar surface area (TPSA) is 59.1 Å². The van der Waals surface area contributed by atoms with E-state index in [0.717, 1.165) is 36.1 Å². The summed E-state index contributed by atoms with van der Waals surface area (Å²) in [7, 11) is 0. The molecule has 1 heterocycles. The van der Waals surface area contributed by atoms with Gasteiger partial charge < -0.3 is 10.8 Å². The summed E-state index contributed by atoms with van der Waals surface area (Å²) in [6, 6.07) is 5.91. The first-order valence-corrected chi connectivity index (χ1v) is 9.93. The Balaban J connectivity index is 3.11. The number of aromatic nitrogens is 1. The van der Waals surface area contributed by atoms with Gasteiger partial charge in [0.15, 0.2) is 0 Å². The Morgan fingerprint density at radius 3 is 2.36 bits per heavy atom. The highest BCUT2D eigenvalue weighted by molar-refractivity contribution is 5.37. The van der Waals surface area contributed by atoms with Crippen molar-refractivity contribution in [2.75, 3.05) is 0 Å². The maximum absolute atomic E-state index is 9.99. The molecule has 0 aromatic carbocycles. The minimum Gasteiger partial charge on any atom is -0.515 e. The predicted octanol–water partition coefficient (Wildman–Crippen LogP) is 6.43. The molecule has 0 radical (unpaired) electrons. The first kappa shape index (κ1) is 23.5. The number of aliphatic hydroxyl groups excluding tert-OH is 1. The Morgan fingerprint density at radius 2 is 1.79 bits per heavy atom. The largest absolute Gasteiger partial charge is 0.515 e. The van der Waals surface area contributed by atoms with Crippen LogP contribution in [0.2, 0.25) is 0 Å². The van der Waals surface area contributed by atoms with Crippen LogP contribution in [0.5, 0.6) is 0 Å². The van der Waals surface area contributed by atoms with Crippen molar-refractivity contribution in [3.05, 3.63) is 90.2 Å². The van der Waals surface area contributed by atoms with Gasteiger partial charge in [0, 0.05) is 11.9 Å². The van der Waals surface area contributed by atoms with E-state index in [1.165, 1.54) is 6.26 Å². The molecule has 0 unspecified atom stereocenters. The summed E-state index contributed by atoms with van der Waals surface area (Å²) in [5, 5.41) is 9.99. The molecule has 0 atom stereocenters. The number of aliphatic hydroxyl groups is 1. The number of nitrogens with two attached hydrogens (primary N) is 1. The molecule has 0 aliphatic carbocycles. The molecule has 0 fully saturated rings. The maximum Gasteiger partial charge on any atom is 0.0829 e. The molecule has 3 nitrogen and oxygen atoms in total. The Hall–Kier alpha value is -2.55. The lowest BCUT2D eigenvalue weighted by atomic mass is 9.75. The van der Waals surface area contributed by atoms with Crippen molar-refractivity contribution >= 4 is 0 Å². The van der Waals surface area contributed by atoms with Crippen molar-refractivity contribution < 1.29 is 5.11 Å². The van der Waals surface area contributed by atoms with E-state index < -0.39 is 0 Å². The SMILES string of the molecule is CC/C=C\C=C/CC(C)(C)C(/C=C/N)=C/C(=C/O)C(C)(C)Cc1ccccn1. The summed E-state index contributed by atoms with van der Waals surface area (Å²) in [4.78, 5) is 4.43. The Labute approximate surface area is 171 Å². The molecular weight excluding hydrogens is 344 g/mol. The Kier molecular flexibility index (Phi) is 9.50. The van der Waals surface area contributed by atoms with E-state index in [9.17, 15) is 5.11 Å². The van der Waals surface area contributed by atoms with Gasteiger partial charge in [-0.25, -0.2) is 0 Å². The average molecular weight is 381 g/mol. The number of hydrogen-bond acceptors (Lipinski definition) is 3. The zero-order chi connectivity index (χ0) is 21.0. The summed E-state index contributed by atoms with van der Waals surface area (Å²) in [6.07, 6.45) is 19.7. The minimum atomic E-state index is -0.271.